The van der Waals surface area contributed by atoms with Crippen LogP contribution in [-0.2, 0) is 6.42 Å². The first kappa shape index (κ1) is 14.8. The molecule has 0 spiro atoms. The van der Waals surface area contributed by atoms with Crippen LogP contribution in [0.25, 0.3) is 0 Å². The highest BCUT2D eigenvalue weighted by atomic mass is 79.9. The maximum Gasteiger partial charge on any atom is 0.124 e. The minimum absolute atomic E-state index is 0.303. The monoisotopic (exact) mass is 362 g/mol. The van der Waals surface area contributed by atoms with Gasteiger partial charge in [-0.25, -0.2) is 4.39 Å². The van der Waals surface area contributed by atoms with Crippen LogP contribution in [0, 0.1) is 5.82 Å². The predicted molar refractivity (Wildman–Crippen MR) is 79.2 cm³/mol. The lowest BCUT2D eigenvalue weighted by molar-refractivity contribution is 0.178. The fourth-order valence-electron chi connectivity index (χ4n) is 1.73. The van der Waals surface area contributed by atoms with E-state index < -0.39 is 11.9 Å². The second kappa shape index (κ2) is 6.23. The lowest BCUT2D eigenvalue weighted by atomic mass is 10.0. The molecule has 0 saturated carbocycles. The van der Waals surface area contributed by atoms with Crippen molar-refractivity contribution in [1.82, 2.24) is 0 Å². The summed E-state index contributed by atoms with van der Waals surface area (Å²) in [6, 6.07) is 9.36. The van der Waals surface area contributed by atoms with E-state index in [0.717, 1.165) is 4.47 Å². The number of hydrogen-bond donors (Lipinski definition) is 1. The first-order valence-electron chi connectivity index (χ1n) is 5.54. The summed E-state index contributed by atoms with van der Waals surface area (Å²) in [6.45, 7) is 0. The van der Waals surface area contributed by atoms with Gasteiger partial charge in [-0.2, -0.15) is 0 Å². The molecule has 0 heterocycles. The van der Waals surface area contributed by atoms with Crippen molar-refractivity contribution in [3.63, 3.8) is 0 Å². The van der Waals surface area contributed by atoms with Crippen LogP contribution < -0.4 is 0 Å². The third-order valence-electron chi connectivity index (χ3n) is 2.76. The molecule has 0 aliphatic rings. The molecule has 19 heavy (non-hydrogen) atoms. The summed E-state index contributed by atoms with van der Waals surface area (Å²) in [4.78, 5) is 0. The Morgan fingerprint density at radius 2 is 1.84 bits per heavy atom. The lowest BCUT2D eigenvalue weighted by Gasteiger charge is -2.13. The van der Waals surface area contributed by atoms with Gasteiger partial charge < -0.3 is 5.11 Å². The van der Waals surface area contributed by atoms with E-state index >= 15 is 0 Å². The molecular formula is C14H10BrCl2FO. The van der Waals surface area contributed by atoms with Gasteiger partial charge >= 0.3 is 0 Å². The van der Waals surface area contributed by atoms with Crippen LogP contribution in [0.5, 0.6) is 0 Å². The molecule has 5 heteroatoms. The lowest BCUT2D eigenvalue weighted by Crippen LogP contribution is -2.02. The molecule has 0 amide bonds. The van der Waals surface area contributed by atoms with Crippen molar-refractivity contribution in [1.29, 1.82) is 0 Å². The van der Waals surface area contributed by atoms with Crippen LogP contribution in [-0.4, -0.2) is 5.11 Å². The standard InChI is InChI=1S/C14H10BrCl2FO/c15-11-4-2-9(5-13(11)17)14(19)6-8-1-3-10(18)7-12(8)16/h1-5,7,14,19H,6H2. The summed E-state index contributed by atoms with van der Waals surface area (Å²) < 4.78 is 13.7. The van der Waals surface area contributed by atoms with Crippen LogP contribution in [0.2, 0.25) is 10.0 Å². The Hall–Kier alpha value is -0.610. The van der Waals surface area contributed by atoms with Gasteiger partial charge in [-0.3, -0.25) is 0 Å². The fraction of sp³-hybridized carbons (Fsp3) is 0.143. The number of benzene rings is 2. The third-order valence-corrected chi connectivity index (χ3v) is 4.34. The van der Waals surface area contributed by atoms with E-state index in [1.165, 1.54) is 12.1 Å². The Labute approximate surface area is 129 Å². The zero-order valence-electron chi connectivity index (χ0n) is 9.71. The van der Waals surface area contributed by atoms with Gasteiger partial charge in [0.15, 0.2) is 0 Å². The van der Waals surface area contributed by atoms with E-state index in [4.69, 9.17) is 23.2 Å². The van der Waals surface area contributed by atoms with Gasteiger partial charge in [0.05, 0.1) is 11.1 Å². The molecule has 0 aromatic heterocycles. The second-order valence-electron chi connectivity index (χ2n) is 4.13. The molecule has 0 saturated heterocycles. The van der Waals surface area contributed by atoms with Crippen molar-refractivity contribution in [3.8, 4) is 0 Å². The molecule has 0 radical (unpaired) electrons. The number of halogens is 4. The van der Waals surface area contributed by atoms with Crippen LogP contribution >= 0.6 is 39.1 Å². The Morgan fingerprint density at radius 3 is 2.47 bits per heavy atom. The van der Waals surface area contributed by atoms with Gasteiger partial charge in [0.1, 0.15) is 5.82 Å². The molecular weight excluding hydrogens is 354 g/mol. The molecule has 0 fully saturated rings. The van der Waals surface area contributed by atoms with Crippen LogP contribution in [0.3, 0.4) is 0 Å². The largest absolute Gasteiger partial charge is 0.388 e. The quantitative estimate of drug-likeness (QED) is 0.797. The van der Waals surface area contributed by atoms with Crippen molar-refractivity contribution in [3.05, 3.63) is 67.9 Å². The summed E-state index contributed by atoms with van der Waals surface area (Å²) >= 11 is 15.2. The summed E-state index contributed by atoms with van der Waals surface area (Å²) in [5, 5.41) is 11.0. The molecule has 1 unspecified atom stereocenters. The van der Waals surface area contributed by atoms with Crippen LogP contribution in [0.15, 0.2) is 40.9 Å². The minimum atomic E-state index is -0.742. The summed E-state index contributed by atoms with van der Waals surface area (Å²) in [5.74, 6) is -0.394. The average Bonchev–Trinajstić information content (AvgIpc) is 2.36. The van der Waals surface area contributed by atoms with Gasteiger partial charge in [0, 0.05) is 15.9 Å². The first-order valence-corrected chi connectivity index (χ1v) is 7.09. The van der Waals surface area contributed by atoms with E-state index in [9.17, 15) is 9.50 Å². The summed E-state index contributed by atoms with van der Waals surface area (Å²) in [7, 11) is 0. The molecule has 0 bridgehead atoms. The normalized spacial score (nSPS) is 12.5. The van der Waals surface area contributed by atoms with E-state index in [1.807, 2.05) is 0 Å². The number of aliphatic hydroxyl groups excluding tert-OH is 1. The zero-order chi connectivity index (χ0) is 14.0. The van der Waals surface area contributed by atoms with Crippen molar-refractivity contribution in [2.24, 2.45) is 0 Å². The smallest absolute Gasteiger partial charge is 0.124 e. The van der Waals surface area contributed by atoms with Gasteiger partial charge in [0.2, 0.25) is 0 Å². The summed E-state index contributed by atoms with van der Waals surface area (Å²) in [5.41, 5.74) is 1.38. The Kier molecular flexibility index (Phi) is 4.85. The van der Waals surface area contributed by atoms with Gasteiger partial charge in [0.25, 0.3) is 0 Å². The first-order chi connectivity index (χ1) is 8.97. The van der Waals surface area contributed by atoms with E-state index in [0.29, 0.717) is 27.6 Å². The number of rotatable bonds is 3. The molecule has 1 nitrogen and oxygen atoms in total. The van der Waals surface area contributed by atoms with Gasteiger partial charge in [-0.05, 0) is 51.3 Å². The predicted octanol–water partition coefficient (Wildman–Crippen LogP) is 5.17. The highest BCUT2D eigenvalue weighted by Crippen LogP contribution is 2.29. The molecule has 1 N–H and O–H groups in total. The second-order valence-corrected chi connectivity index (χ2v) is 5.80. The summed E-state index contributed by atoms with van der Waals surface area (Å²) in [6.07, 6.45) is -0.439. The molecule has 0 aliphatic carbocycles. The maximum absolute atomic E-state index is 12.9. The fourth-order valence-corrected chi connectivity index (χ4v) is 2.41. The number of aliphatic hydroxyl groups is 1. The van der Waals surface area contributed by atoms with E-state index in [2.05, 4.69) is 15.9 Å². The highest BCUT2D eigenvalue weighted by molar-refractivity contribution is 9.10. The Balaban J connectivity index is 2.20. The van der Waals surface area contributed by atoms with Gasteiger partial charge in [-0.15, -0.1) is 0 Å². The third kappa shape index (κ3) is 3.69. The van der Waals surface area contributed by atoms with Crippen molar-refractivity contribution in [2.45, 2.75) is 12.5 Å². The topological polar surface area (TPSA) is 20.2 Å². The average molecular weight is 364 g/mol. The van der Waals surface area contributed by atoms with E-state index in [1.54, 1.807) is 24.3 Å². The molecule has 1 atom stereocenters. The molecule has 100 valence electrons. The molecule has 0 aliphatic heterocycles. The Bertz CT molecular complexity index is 604. The zero-order valence-corrected chi connectivity index (χ0v) is 12.8. The SMILES string of the molecule is OC(Cc1ccc(F)cc1Cl)c1ccc(Br)c(Cl)c1. The van der Waals surface area contributed by atoms with E-state index in [-0.39, 0.29) is 0 Å². The van der Waals surface area contributed by atoms with Crippen molar-refractivity contribution < 1.29 is 9.50 Å². The highest BCUT2D eigenvalue weighted by Gasteiger charge is 2.12. The number of hydrogen-bond acceptors (Lipinski definition) is 1. The van der Waals surface area contributed by atoms with Gasteiger partial charge in [-0.1, -0.05) is 35.3 Å². The van der Waals surface area contributed by atoms with Crippen LogP contribution in [0.4, 0.5) is 4.39 Å². The molecule has 2 aromatic rings. The Morgan fingerprint density at radius 1 is 1.11 bits per heavy atom. The van der Waals surface area contributed by atoms with Crippen molar-refractivity contribution in [2.75, 3.05) is 0 Å². The van der Waals surface area contributed by atoms with Crippen molar-refractivity contribution >= 4 is 39.1 Å². The molecule has 2 aromatic carbocycles. The molecule has 2 rings (SSSR count). The maximum atomic E-state index is 12.9. The minimum Gasteiger partial charge on any atom is -0.388 e. The van der Waals surface area contributed by atoms with Crippen LogP contribution in [0.1, 0.15) is 17.2 Å².